The Bertz CT molecular complexity index is 333. The molecule has 17 heavy (non-hydrogen) atoms. The van der Waals surface area contributed by atoms with Gasteiger partial charge < -0.3 is 5.73 Å². The van der Waals surface area contributed by atoms with Crippen LogP contribution < -0.4 is 5.73 Å². The van der Waals surface area contributed by atoms with Gasteiger partial charge >= 0.3 is 0 Å². The van der Waals surface area contributed by atoms with Crippen LogP contribution in [0.5, 0.6) is 0 Å². The van der Waals surface area contributed by atoms with Crippen molar-refractivity contribution in [2.75, 3.05) is 5.73 Å². The summed E-state index contributed by atoms with van der Waals surface area (Å²) in [6.45, 7) is 10.1. The van der Waals surface area contributed by atoms with E-state index in [1.165, 1.54) is 24.0 Å². The van der Waals surface area contributed by atoms with Crippen LogP contribution in [0.15, 0.2) is 48.6 Å². The van der Waals surface area contributed by atoms with E-state index in [0.717, 1.165) is 12.1 Å². The molecule has 0 radical (unpaired) electrons. The van der Waals surface area contributed by atoms with Crippen LogP contribution in [0.3, 0.4) is 0 Å². The maximum Gasteiger partial charge on any atom is 0.0316 e. The van der Waals surface area contributed by atoms with Crippen LogP contribution >= 0.6 is 0 Å². The van der Waals surface area contributed by atoms with Gasteiger partial charge in [-0.05, 0) is 37.5 Å². The van der Waals surface area contributed by atoms with Crippen molar-refractivity contribution in [3.63, 3.8) is 0 Å². The predicted octanol–water partition coefficient (Wildman–Crippen LogP) is 4.89. The van der Waals surface area contributed by atoms with Crippen LogP contribution in [0.25, 0.3) is 0 Å². The number of hydrogen-bond acceptors (Lipinski definition) is 1. The van der Waals surface area contributed by atoms with Crippen LogP contribution in [0.4, 0.5) is 5.69 Å². The van der Waals surface area contributed by atoms with Gasteiger partial charge in [-0.25, -0.2) is 0 Å². The standard InChI is InChI=1S/C9H16.C7H9N/c1-4-7-8-9(5-2)6-3;1-6-3-2-4-7(8)5-6/h5,8H,2,4,6-7H2,1,3H3;2-5H,8H2,1H3/b9-8+;. The first-order chi connectivity index (χ1) is 8.13. The molecule has 0 amide bonds. The maximum atomic E-state index is 5.46. The topological polar surface area (TPSA) is 26.0 Å². The van der Waals surface area contributed by atoms with Gasteiger partial charge in [0.1, 0.15) is 0 Å². The monoisotopic (exact) mass is 231 g/mol. The van der Waals surface area contributed by atoms with Crippen LogP contribution in [0.2, 0.25) is 0 Å². The van der Waals surface area contributed by atoms with Crippen molar-refractivity contribution in [2.45, 2.75) is 40.0 Å². The van der Waals surface area contributed by atoms with E-state index >= 15 is 0 Å². The molecule has 1 heteroatoms. The van der Waals surface area contributed by atoms with E-state index in [-0.39, 0.29) is 0 Å². The first-order valence-corrected chi connectivity index (χ1v) is 6.27. The van der Waals surface area contributed by atoms with E-state index in [2.05, 4.69) is 26.5 Å². The Kier molecular flexibility index (Phi) is 8.85. The highest BCUT2D eigenvalue weighted by Gasteiger charge is 1.83. The fraction of sp³-hybridized carbons (Fsp3) is 0.375. The summed E-state index contributed by atoms with van der Waals surface area (Å²) in [5.41, 5.74) is 8.88. The molecule has 0 spiro atoms. The number of benzene rings is 1. The van der Waals surface area contributed by atoms with Crippen LogP contribution in [0, 0.1) is 6.92 Å². The van der Waals surface area contributed by atoms with Crippen molar-refractivity contribution in [1.29, 1.82) is 0 Å². The maximum absolute atomic E-state index is 5.46. The van der Waals surface area contributed by atoms with E-state index in [4.69, 9.17) is 5.73 Å². The summed E-state index contributed by atoms with van der Waals surface area (Å²) >= 11 is 0. The minimum atomic E-state index is 0.838. The van der Waals surface area contributed by atoms with Gasteiger partial charge in [0.2, 0.25) is 0 Å². The van der Waals surface area contributed by atoms with E-state index in [1.807, 2.05) is 37.3 Å². The van der Waals surface area contributed by atoms with Gasteiger partial charge in [0.05, 0.1) is 0 Å². The third kappa shape index (κ3) is 8.32. The molecule has 2 N–H and O–H groups in total. The Labute approximate surface area is 106 Å². The molecule has 1 aromatic carbocycles. The second-order valence-corrected chi connectivity index (χ2v) is 4.04. The highest BCUT2D eigenvalue weighted by atomic mass is 14.5. The first kappa shape index (κ1) is 15.5. The highest BCUT2D eigenvalue weighted by Crippen LogP contribution is 2.04. The number of rotatable bonds is 4. The molecule has 0 unspecified atom stereocenters. The Morgan fingerprint density at radius 3 is 2.41 bits per heavy atom. The molecule has 1 nitrogen and oxygen atoms in total. The molecular formula is C16H25N. The number of unbranched alkanes of at least 4 members (excludes halogenated alkanes) is 1. The average molecular weight is 231 g/mol. The van der Waals surface area contributed by atoms with Gasteiger partial charge in [0, 0.05) is 5.69 Å². The first-order valence-electron chi connectivity index (χ1n) is 6.27. The van der Waals surface area contributed by atoms with Crippen LogP contribution in [-0.2, 0) is 0 Å². The second-order valence-electron chi connectivity index (χ2n) is 4.04. The fourth-order valence-corrected chi connectivity index (χ4v) is 1.37. The van der Waals surface area contributed by atoms with Gasteiger partial charge in [-0.1, -0.05) is 56.7 Å². The summed E-state index contributed by atoms with van der Waals surface area (Å²) < 4.78 is 0. The summed E-state index contributed by atoms with van der Waals surface area (Å²) in [5.74, 6) is 0. The molecule has 0 aliphatic carbocycles. The summed E-state index contributed by atoms with van der Waals surface area (Å²) in [6, 6.07) is 7.80. The van der Waals surface area contributed by atoms with E-state index in [0.29, 0.717) is 0 Å². The molecule has 0 bridgehead atoms. The lowest BCUT2D eigenvalue weighted by Gasteiger charge is -1.93. The third-order valence-corrected chi connectivity index (χ3v) is 2.41. The van der Waals surface area contributed by atoms with Crippen molar-refractivity contribution < 1.29 is 0 Å². The Morgan fingerprint density at radius 2 is 2.06 bits per heavy atom. The van der Waals surface area contributed by atoms with Crippen molar-refractivity contribution in [2.24, 2.45) is 0 Å². The van der Waals surface area contributed by atoms with Crippen LogP contribution in [0.1, 0.15) is 38.7 Å². The van der Waals surface area contributed by atoms with E-state index < -0.39 is 0 Å². The summed E-state index contributed by atoms with van der Waals surface area (Å²) in [5, 5.41) is 0. The molecule has 0 fully saturated rings. The third-order valence-electron chi connectivity index (χ3n) is 2.41. The lowest BCUT2D eigenvalue weighted by atomic mass is 10.1. The SMILES string of the molecule is C=C/C(=C\CCC)CC.Cc1cccc(N)c1. The molecule has 0 aromatic heterocycles. The average Bonchev–Trinajstić information content (AvgIpc) is 2.31. The molecule has 0 atom stereocenters. The zero-order valence-electron chi connectivity index (χ0n) is 11.4. The molecule has 0 heterocycles. The minimum absolute atomic E-state index is 0.838. The molecule has 0 saturated heterocycles. The largest absolute Gasteiger partial charge is 0.399 e. The smallest absolute Gasteiger partial charge is 0.0316 e. The number of anilines is 1. The van der Waals surface area contributed by atoms with Gasteiger partial charge in [0.25, 0.3) is 0 Å². The number of nitrogen functional groups attached to an aromatic ring is 1. The molecule has 1 rings (SSSR count). The minimum Gasteiger partial charge on any atom is -0.399 e. The number of nitrogens with two attached hydrogens (primary N) is 1. The molecule has 94 valence electrons. The van der Waals surface area contributed by atoms with E-state index in [9.17, 15) is 0 Å². The van der Waals surface area contributed by atoms with E-state index in [1.54, 1.807) is 0 Å². The Morgan fingerprint density at radius 1 is 1.35 bits per heavy atom. The number of aryl methyl sites for hydroxylation is 1. The summed E-state index contributed by atoms with van der Waals surface area (Å²) in [7, 11) is 0. The van der Waals surface area contributed by atoms with Crippen molar-refractivity contribution in [1.82, 2.24) is 0 Å². The van der Waals surface area contributed by atoms with Gasteiger partial charge in [0.15, 0.2) is 0 Å². The number of hydrogen-bond donors (Lipinski definition) is 1. The van der Waals surface area contributed by atoms with Crippen molar-refractivity contribution in [3.05, 3.63) is 54.1 Å². The molecule has 0 aliphatic rings. The van der Waals surface area contributed by atoms with Gasteiger partial charge in [-0.3, -0.25) is 0 Å². The van der Waals surface area contributed by atoms with Crippen LogP contribution in [-0.4, -0.2) is 0 Å². The summed E-state index contributed by atoms with van der Waals surface area (Å²) in [6.07, 6.45) is 7.73. The van der Waals surface area contributed by atoms with Gasteiger partial charge in [-0.2, -0.15) is 0 Å². The Balaban J connectivity index is 0.000000302. The molecular weight excluding hydrogens is 206 g/mol. The zero-order chi connectivity index (χ0) is 13.1. The number of allylic oxidation sites excluding steroid dienone is 3. The lowest BCUT2D eigenvalue weighted by molar-refractivity contribution is 0.942. The highest BCUT2D eigenvalue weighted by molar-refractivity contribution is 5.39. The quantitative estimate of drug-likeness (QED) is 0.579. The van der Waals surface area contributed by atoms with Crippen molar-refractivity contribution in [3.8, 4) is 0 Å². The normalized spacial score (nSPS) is 10.4. The Hall–Kier alpha value is -1.50. The second kappa shape index (κ2) is 9.71. The van der Waals surface area contributed by atoms with Gasteiger partial charge in [-0.15, -0.1) is 0 Å². The van der Waals surface area contributed by atoms with Crippen molar-refractivity contribution >= 4 is 5.69 Å². The predicted molar refractivity (Wildman–Crippen MR) is 79.1 cm³/mol. The molecule has 0 saturated carbocycles. The summed E-state index contributed by atoms with van der Waals surface area (Å²) in [4.78, 5) is 0. The molecule has 1 aromatic rings. The molecule has 0 aliphatic heterocycles. The zero-order valence-corrected chi connectivity index (χ0v) is 11.4. The fourth-order valence-electron chi connectivity index (χ4n) is 1.37. The lowest BCUT2D eigenvalue weighted by Crippen LogP contribution is -1.82.